The number of aromatic nitrogens is 1. The molecule has 0 spiro atoms. The van der Waals surface area contributed by atoms with E-state index in [4.69, 9.17) is 11.6 Å². The van der Waals surface area contributed by atoms with E-state index < -0.39 is 16.5 Å². The summed E-state index contributed by atoms with van der Waals surface area (Å²) in [7, 11) is 0. The maximum atomic E-state index is 11.9. The third kappa shape index (κ3) is 3.40. The van der Waals surface area contributed by atoms with Crippen molar-refractivity contribution < 1.29 is 9.72 Å². The van der Waals surface area contributed by atoms with Gasteiger partial charge in [0.05, 0.1) is 4.92 Å². The largest absolute Gasteiger partial charge is 0.349 e. The first kappa shape index (κ1) is 14.4. The minimum absolute atomic E-state index is 0.0472. The highest BCUT2D eigenvalue weighted by Gasteiger charge is 2.25. The number of nitrogens with zero attached hydrogens (tertiary/aromatic N) is 2. The third-order valence-electron chi connectivity index (χ3n) is 2.41. The van der Waals surface area contributed by atoms with Crippen molar-refractivity contribution in [2.45, 2.75) is 32.7 Å². The van der Waals surface area contributed by atoms with Crippen LogP contribution in [0, 0.1) is 10.1 Å². The van der Waals surface area contributed by atoms with Gasteiger partial charge in [0.25, 0.3) is 5.91 Å². The maximum absolute atomic E-state index is 11.9. The second-order valence-electron chi connectivity index (χ2n) is 3.92. The van der Waals surface area contributed by atoms with Crippen LogP contribution in [0.25, 0.3) is 0 Å². The van der Waals surface area contributed by atoms with Crippen molar-refractivity contribution in [1.82, 2.24) is 10.3 Å². The molecule has 0 fully saturated rings. The summed E-state index contributed by atoms with van der Waals surface area (Å²) in [6.45, 7) is 3.84. The van der Waals surface area contributed by atoms with Gasteiger partial charge in [-0.2, -0.15) is 0 Å². The van der Waals surface area contributed by atoms with Crippen molar-refractivity contribution in [2.75, 3.05) is 0 Å². The highest BCUT2D eigenvalue weighted by atomic mass is 35.5. The Balaban J connectivity index is 2.99. The smallest absolute Gasteiger partial charge is 0.319 e. The molecule has 7 heteroatoms. The molecule has 18 heavy (non-hydrogen) atoms. The number of hydrogen-bond donors (Lipinski definition) is 1. The van der Waals surface area contributed by atoms with E-state index in [0.717, 1.165) is 12.8 Å². The molecule has 1 N–H and O–H groups in total. The molecule has 1 heterocycles. The fraction of sp³-hybridized carbons (Fsp3) is 0.455. The van der Waals surface area contributed by atoms with Crippen LogP contribution < -0.4 is 5.32 Å². The molecule has 0 saturated carbocycles. The van der Waals surface area contributed by atoms with E-state index in [2.05, 4.69) is 10.3 Å². The molecule has 1 atom stereocenters. The lowest BCUT2D eigenvalue weighted by molar-refractivity contribution is -0.385. The zero-order valence-corrected chi connectivity index (χ0v) is 10.9. The van der Waals surface area contributed by atoms with Crippen LogP contribution in [0.15, 0.2) is 12.3 Å². The van der Waals surface area contributed by atoms with E-state index in [1.807, 2.05) is 13.8 Å². The van der Waals surface area contributed by atoms with Gasteiger partial charge in [0, 0.05) is 12.2 Å². The van der Waals surface area contributed by atoms with Gasteiger partial charge in [-0.1, -0.05) is 24.9 Å². The van der Waals surface area contributed by atoms with Crippen LogP contribution in [0.3, 0.4) is 0 Å². The summed E-state index contributed by atoms with van der Waals surface area (Å²) in [6, 6.07) is 1.24. The van der Waals surface area contributed by atoms with Gasteiger partial charge in [-0.25, -0.2) is 4.98 Å². The van der Waals surface area contributed by atoms with Gasteiger partial charge < -0.3 is 5.32 Å². The molecule has 0 aliphatic heterocycles. The lowest BCUT2D eigenvalue weighted by atomic mass is 10.1. The van der Waals surface area contributed by atoms with Crippen LogP contribution in [-0.2, 0) is 0 Å². The van der Waals surface area contributed by atoms with E-state index in [9.17, 15) is 14.9 Å². The number of amides is 1. The average molecular weight is 272 g/mol. The quantitative estimate of drug-likeness (QED) is 0.507. The first-order valence-corrected chi connectivity index (χ1v) is 5.95. The second-order valence-corrected chi connectivity index (χ2v) is 4.28. The van der Waals surface area contributed by atoms with Gasteiger partial charge in [0.1, 0.15) is 5.56 Å². The van der Waals surface area contributed by atoms with Gasteiger partial charge in [-0.15, -0.1) is 0 Å². The third-order valence-corrected chi connectivity index (χ3v) is 2.68. The normalized spacial score (nSPS) is 11.9. The van der Waals surface area contributed by atoms with Crippen LogP contribution in [-0.4, -0.2) is 21.9 Å². The Kier molecular flexibility index (Phi) is 5.03. The van der Waals surface area contributed by atoms with Crippen LogP contribution in [0.1, 0.15) is 37.0 Å². The number of rotatable bonds is 5. The Bertz CT molecular complexity index is 465. The first-order chi connectivity index (χ1) is 8.47. The second kappa shape index (κ2) is 6.30. The number of nitro groups is 1. The molecule has 0 aliphatic carbocycles. The predicted octanol–water partition coefficient (Wildman–Crippen LogP) is 2.56. The summed E-state index contributed by atoms with van der Waals surface area (Å²) in [5, 5.41) is 13.3. The fourth-order valence-electron chi connectivity index (χ4n) is 1.59. The molecule has 1 aromatic heterocycles. The van der Waals surface area contributed by atoms with Crippen LogP contribution >= 0.6 is 11.6 Å². The van der Waals surface area contributed by atoms with Gasteiger partial charge in [-0.3, -0.25) is 14.9 Å². The molecule has 6 nitrogen and oxygen atoms in total. The first-order valence-electron chi connectivity index (χ1n) is 5.57. The lowest BCUT2D eigenvalue weighted by Crippen LogP contribution is -2.32. The molecular formula is C11H14ClN3O3. The zero-order valence-electron chi connectivity index (χ0n) is 10.1. The molecule has 1 rings (SSSR count). The highest BCUT2D eigenvalue weighted by molar-refractivity contribution is 6.32. The van der Waals surface area contributed by atoms with Gasteiger partial charge in [0.15, 0.2) is 0 Å². The minimum Gasteiger partial charge on any atom is -0.349 e. The highest BCUT2D eigenvalue weighted by Crippen LogP contribution is 2.25. The van der Waals surface area contributed by atoms with Gasteiger partial charge >= 0.3 is 5.69 Å². The number of carbonyl (C=O) groups excluding carboxylic acids is 1. The fourth-order valence-corrected chi connectivity index (χ4v) is 1.82. The summed E-state index contributed by atoms with van der Waals surface area (Å²) in [4.78, 5) is 25.7. The van der Waals surface area contributed by atoms with Gasteiger partial charge in [-0.05, 0) is 19.4 Å². The zero-order chi connectivity index (χ0) is 13.7. The molecule has 0 bridgehead atoms. The van der Waals surface area contributed by atoms with Crippen LogP contribution in [0.2, 0.25) is 5.15 Å². The van der Waals surface area contributed by atoms with Crippen molar-refractivity contribution in [1.29, 1.82) is 0 Å². The molecule has 1 aromatic rings. The van der Waals surface area contributed by atoms with Gasteiger partial charge in [0.2, 0.25) is 5.15 Å². The maximum Gasteiger partial charge on any atom is 0.319 e. The van der Waals surface area contributed by atoms with E-state index in [-0.39, 0.29) is 16.8 Å². The lowest BCUT2D eigenvalue weighted by Gasteiger charge is -2.12. The molecule has 0 radical (unpaired) electrons. The molecule has 1 amide bonds. The average Bonchev–Trinajstić information content (AvgIpc) is 2.28. The van der Waals surface area contributed by atoms with Crippen LogP contribution in [0.4, 0.5) is 5.69 Å². The Morgan fingerprint density at radius 2 is 2.33 bits per heavy atom. The van der Waals surface area contributed by atoms with Crippen LogP contribution in [0.5, 0.6) is 0 Å². The Morgan fingerprint density at radius 3 is 2.89 bits per heavy atom. The molecular weight excluding hydrogens is 258 g/mol. The van der Waals surface area contributed by atoms with E-state index >= 15 is 0 Å². The number of pyridine rings is 1. The number of halogens is 1. The standard InChI is InChI=1S/C11H14ClN3O3/c1-3-4-7(2)14-11(16)8-5-6-13-10(12)9(8)15(17)18/h5-7H,3-4H2,1-2H3,(H,14,16). The van der Waals surface area contributed by atoms with Crippen molar-refractivity contribution in [2.24, 2.45) is 0 Å². The van der Waals surface area contributed by atoms with Crippen molar-refractivity contribution in [3.8, 4) is 0 Å². The topological polar surface area (TPSA) is 85.1 Å². The predicted molar refractivity (Wildman–Crippen MR) is 67.7 cm³/mol. The molecule has 0 aliphatic rings. The molecule has 0 saturated heterocycles. The van der Waals surface area contributed by atoms with E-state index in [1.165, 1.54) is 12.3 Å². The Morgan fingerprint density at radius 1 is 1.67 bits per heavy atom. The summed E-state index contributed by atoms with van der Waals surface area (Å²) in [5.41, 5.74) is -0.525. The number of nitrogens with one attached hydrogen (secondary N) is 1. The van der Waals surface area contributed by atoms with Crippen molar-refractivity contribution in [3.05, 3.63) is 33.1 Å². The minimum atomic E-state index is -0.700. The van der Waals surface area contributed by atoms with E-state index in [1.54, 1.807) is 0 Å². The summed E-state index contributed by atoms with van der Waals surface area (Å²) in [6.07, 6.45) is 2.99. The summed E-state index contributed by atoms with van der Waals surface area (Å²) < 4.78 is 0. The Hall–Kier alpha value is -1.69. The molecule has 98 valence electrons. The monoisotopic (exact) mass is 271 g/mol. The Labute approximate surface area is 110 Å². The molecule has 0 aromatic carbocycles. The summed E-state index contributed by atoms with van der Waals surface area (Å²) >= 11 is 5.63. The summed E-state index contributed by atoms with van der Waals surface area (Å²) in [5.74, 6) is -0.507. The van der Waals surface area contributed by atoms with E-state index in [0.29, 0.717) is 0 Å². The number of carbonyl (C=O) groups is 1. The molecule has 1 unspecified atom stereocenters. The SMILES string of the molecule is CCCC(C)NC(=O)c1ccnc(Cl)c1[N+](=O)[O-]. The van der Waals surface area contributed by atoms with Crippen molar-refractivity contribution in [3.63, 3.8) is 0 Å². The van der Waals surface area contributed by atoms with Crippen molar-refractivity contribution >= 4 is 23.2 Å². The number of hydrogen-bond acceptors (Lipinski definition) is 4.